The number of halogens is 2. The predicted octanol–water partition coefficient (Wildman–Crippen LogP) is 3.95. The van der Waals surface area contributed by atoms with Crippen molar-refractivity contribution in [3.8, 4) is 5.75 Å². The molecule has 0 saturated carbocycles. The van der Waals surface area contributed by atoms with E-state index in [0.29, 0.717) is 15.7 Å². The van der Waals surface area contributed by atoms with Gasteiger partial charge in [-0.25, -0.2) is 0 Å². The van der Waals surface area contributed by atoms with Gasteiger partial charge in [0.25, 0.3) is 0 Å². The molecular weight excluding hydrogens is 435 g/mol. The summed E-state index contributed by atoms with van der Waals surface area (Å²) in [4.78, 5) is 24.5. The average Bonchev–Trinajstić information content (AvgIpc) is 2.71. The number of methoxy groups -OCH3 is 1. The van der Waals surface area contributed by atoms with Gasteiger partial charge in [-0.2, -0.15) is 5.10 Å². The molecule has 2 N–H and O–H groups in total. The first kappa shape index (κ1) is 21.2. The number of nitrogens with zero attached hydrogens (tertiary/aromatic N) is 2. The summed E-state index contributed by atoms with van der Waals surface area (Å²) in [5, 5.41) is 13.6. The minimum atomic E-state index is -0.645. The van der Waals surface area contributed by atoms with Gasteiger partial charge in [0, 0.05) is 12.1 Å². The molecule has 1 aliphatic rings. The van der Waals surface area contributed by atoms with Gasteiger partial charge < -0.3 is 15.4 Å². The molecular formula is C19H16Cl2N4O3S. The van der Waals surface area contributed by atoms with Gasteiger partial charge in [-0.3, -0.25) is 9.59 Å². The van der Waals surface area contributed by atoms with Crippen molar-refractivity contribution in [2.75, 3.05) is 12.4 Å². The molecule has 3 rings (SSSR count). The molecule has 1 unspecified atom stereocenters. The number of benzene rings is 2. The van der Waals surface area contributed by atoms with E-state index in [1.165, 1.54) is 0 Å². The van der Waals surface area contributed by atoms with E-state index >= 15 is 0 Å². The van der Waals surface area contributed by atoms with Crippen molar-refractivity contribution in [1.82, 2.24) is 5.32 Å². The first-order valence-corrected chi connectivity index (χ1v) is 10.1. The molecule has 2 aromatic rings. The molecule has 150 valence electrons. The molecule has 0 aliphatic carbocycles. The third-order valence-electron chi connectivity index (χ3n) is 3.82. The third kappa shape index (κ3) is 5.96. The molecule has 0 spiro atoms. The molecule has 29 heavy (non-hydrogen) atoms. The Kier molecular flexibility index (Phi) is 7.13. The van der Waals surface area contributed by atoms with E-state index in [4.69, 9.17) is 27.9 Å². The summed E-state index contributed by atoms with van der Waals surface area (Å²) in [6.07, 6.45) is 1.57. The topological polar surface area (TPSA) is 92.2 Å². The van der Waals surface area contributed by atoms with E-state index in [0.717, 1.165) is 23.1 Å². The van der Waals surface area contributed by atoms with E-state index in [-0.39, 0.29) is 23.4 Å². The fourth-order valence-electron chi connectivity index (χ4n) is 2.37. The van der Waals surface area contributed by atoms with Gasteiger partial charge in [0.05, 0.1) is 23.4 Å². The van der Waals surface area contributed by atoms with Crippen molar-refractivity contribution in [3.63, 3.8) is 0 Å². The molecule has 2 aromatic carbocycles. The summed E-state index contributed by atoms with van der Waals surface area (Å²) in [6, 6.07) is 12.0. The molecule has 0 bridgehead atoms. The van der Waals surface area contributed by atoms with E-state index in [1.807, 2.05) is 12.1 Å². The summed E-state index contributed by atoms with van der Waals surface area (Å²) < 4.78 is 5.10. The second-order valence-corrected chi connectivity index (χ2v) is 7.91. The number of hydrogen-bond acceptors (Lipinski definition) is 6. The van der Waals surface area contributed by atoms with Crippen molar-refractivity contribution >= 4 is 63.8 Å². The maximum Gasteiger partial charge on any atom is 0.238 e. The maximum absolute atomic E-state index is 12.5. The normalized spacial score (nSPS) is 18.0. The van der Waals surface area contributed by atoms with Crippen LogP contribution in [0.25, 0.3) is 0 Å². The Labute approximate surface area is 181 Å². The number of anilines is 1. The summed E-state index contributed by atoms with van der Waals surface area (Å²) in [6.45, 7) is 0. The largest absolute Gasteiger partial charge is 0.497 e. The molecule has 1 aliphatic heterocycles. The van der Waals surface area contributed by atoms with Crippen LogP contribution in [0.5, 0.6) is 5.75 Å². The first-order valence-electron chi connectivity index (χ1n) is 8.42. The van der Waals surface area contributed by atoms with Crippen molar-refractivity contribution in [1.29, 1.82) is 0 Å². The highest BCUT2D eigenvalue weighted by molar-refractivity contribution is 8.15. The molecule has 2 amide bonds. The minimum absolute atomic E-state index is 0.0268. The number of thioether (sulfide) groups is 1. The number of amidine groups is 1. The van der Waals surface area contributed by atoms with Crippen molar-refractivity contribution in [3.05, 3.63) is 58.1 Å². The lowest BCUT2D eigenvalue weighted by Crippen LogP contribution is -2.41. The summed E-state index contributed by atoms with van der Waals surface area (Å²) in [5.41, 5.74) is 1.31. The zero-order valence-electron chi connectivity index (χ0n) is 15.2. The van der Waals surface area contributed by atoms with Crippen LogP contribution in [-0.2, 0) is 9.59 Å². The van der Waals surface area contributed by atoms with Crippen LogP contribution in [0.4, 0.5) is 5.69 Å². The monoisotopic (exact) mass is 450 g/mol. The maximum atomic E-state index is 12.5. The predicted molar refractivity (Wildman–Crippen MR) is 117 cm³/mol. The molecule has 1 heterocycles. The van der Waals surface area contributed by atoms with Crippen LogP contribution in [0.3, 0.4) is 0 Å². The van der Waals surface area contributed by atoms with Gasteiger partial charge in [0.1, 0.15) is 11.0 Å². The summed E-state index contributed by atoms with van der Waals surface area (Å²) >= 11 is 13.0. The number of amides is 2. The highest BCUT2D eigenvalue weighted by atomic mass is 35.5. The third-order valence-corrected chi connectivity index (χ3v) is 5.63. The minimum Gasteiger partial charge on any atom is -0.497 e. The highest BCUT2D eigenvalue weighted by Gasteiger charge is 2.30. The number of rotatable bonds is 5. The highest BCUT2D eigenvalue weighted by Crippen LogP contribution is 2.27. The lowest BCUT2D eigenvalue weighted by molar-refractivity contribution is -0.123. The molecule has 1 fully saturated rings. The molecule has 0 radical (unpaired) electrons. The first-order chi connectivity index (χ1) is 13.9. The van der Waals surface area contributed by atoms with Gasteiger partial charge in [0.15, 0.2) is 5.17 Å². The average molecular weight is 451 g/mol. The van der Waals surface area contributed by atoms with Crippen LogP contribution in [-0.4, -0.2) is 35.6 Å². The van der Waals surface area contributed by atoms with E-state index in [9.17, 15) is 9.59 Å². The Bertz CT molecular complexity index is 980. The Morgan fingerprint density at radius 2 is 2.00 bits per heavy atom. The molecule has 1 saturated heterocycles. The van der Waals surface area contributed by atoms with Gasteiger partial charge in [-0.05, 0) is 48.0 Å². The molecule has 10 heteroatoms. The quantitative estimate of drug-likeness (QED) is 0.532. The second-order valence-electron chi connectivity index (χ2n) is 5.90. The SMILES string of the molecule is COc1ccc(C=N/N=C2\NC(=O)CC(C(=O)Nc3ccc(Cl)c(Cl)c3)S2)cc1. The van der Waals surface area contributed by atoms with Gasteiger partial charge in [-0.1, -0.05) is 35.0 Å². The van der Waals surface area contributed by atoms with Crippen LogP contribution < -0.4 is 15.4 Å². The second kappa shape index (κ2) is 9.78. The van der Waals surface area contributed by atoms with Crippen molar-refractivity contribution in [2.24, 2.45) is 10.2 Å². The summed E-state index contributed by atoms with van der Waals surface area (Å²) in [5.74, 6) is 0.0888. The zero-order valence-corrected chi connectivity index (χ0v) is 17.5. The number of hydrogen-bond donors (Lipinski definition) is 2. The van der Waals surface area contributed by atoms with Crippen molar-refractivity contribution in [2.45, 2.75) is 11.7 Å². The fraction of sp³-hybridized carbons (Fsp3) is 0.158. The molecule has 7 nitrogen and oxygen atoms in total. The van der Waals surface area contributed by atoms with E-state index in [1.54, 1.807) is 43.7 Å². The number of nitrogens with one attached hydrogen (secondary N) is 2. The van der Waals surface area contributed by atoms with Gasteiger partial charge >= 0.3 is 0 Å². The standard InChI is InChI=1S/C19H16Cl2N4O3S/c1-28-13-5-2-11(3-6-13)10-22-25-19-24-17(26)9-16(29-19)18(27)23-12-4-7-14(20)15(21)8-12/h2-8,10,16H,9H2,1H3,(H,23,27)(H,24,25,26). The smallest absolute Gasteiger partial charge is 0.238 e. The van der Waals surface area contributed by atoms with Crippen molar-refractivity contribution < 1.29 is 14.3 Å². The number of carbonyl (C=O) groups excluding carboxylic acids is 2. The van der Waals surface area contributed by atoms with E-state index in [2.05, 4.69) is 20.8 Å². The Morgan fingerprint density at radius 3 is 2.69 bits per heavy atom. The Balaban J connectivity index is 1.64. The summed E-state index contributed by atoms with van der Waals surface area (Å²) in [7, 11) is 1.59. The Morgan fingerprint density at radius 1 is 1.24 bits per heavy atom. The Hall–Kier alpha value is -2.55. The lowest BCUT2D eigenvalue weighted by atomic mass is 10.2. The van der Waals surface area contributed by atoms with Crippen LogP contribution >= 0.6 is 35.0 Å². The van der Waals surface area contributed by atoms with Crippen LogP contribution in [0.15, 0.2) is 52.7 Å². The number of carbonyl (C=O) groups is 2. The van der Waals surface area contributed by atoms with E-state index < -0.39 is 5.25 Å². The van der Waals surface area contributed by atoms with Gasteiger partial charge in [-0.15, -0.1) is 5.10 Å². The molecule has 0 aromatic heterocycles. The fourth-order valence-corrected chi connectivity index (χ4v) is 3.61. The van der Waals surface area contributed by atoms with Gasteiger partial charge in [0.2, 0.25) is 11.8 Å². The zero-order chi connectivity index (χ0) is 20.8. The van der Waals surface area contributed by atoms with Crippen LogP contribution in [0.2, 0.25) is 10.0 Å². The molecule has 1 atom stereocenters. The lowest BCUT2D eigenvalue weighted by Gasteiger charge is -2.21. The van der Waals surface area contributed by atoms with Crippen LogP contribution in [0.1, 0.15) is 12.0 Å². The van der Waals surface area contributed by atoms with Crippen LogP contribution in [0, 0.1) is 0 Å². The number of ether oxygens (including phenoxy) is 1.